The molecule has 1 aromatic heterocycles. The van der Waals surface area contributed by atoms with E-state index in [0.717, 1.165) is 10.0 Å². The van der Waals surface area contributed by atoms with Crippen LogP contribution in [-0.2, 0) is 6.54 Å². The number of nitrogens with one attached hydrogen (secondary N) is 1. The lowest BCUT2D eigenvalue weighted by Gasteiger charge is -2.32. The van der Waals surface area contributed by atoms with E-state index in [-0.39, 0.29) is 11.6 Å². The van der Waals surface area contributed by atoms with E-state index in [1.165, 1.54) is 0 Å². The van der Waals surface area contributed by atoms with Gasteiger partial charge in [-0.3, -0.25) is 9.36 Å². The fourth-order valence-electron chi connectivity index (χ4n) is 4.59. The van der Waals surface area contributed by atoms with E-state index in [9.17, 15) is 9.59 Å². The van der Waals surface area contributed by atoms with E-state index >= 15 is 0 Å². The maximum atomic E-state index is 13.9. The quantitative estimate of drug-likeness (QED) is 0.206. The number of carbonyl (C=O) groups is 1. The molecule has 0 saturated heterocycles. The molecule has 0 aliphatic heterocycles. The van der Waals surface area contributed by atoms with Gasteiger partial charge in [0.2, 0.25) is 0 Å². The molecule has 0 spiro atoms. The Morgan fingerprint density at radius 3 is 2.31 bits per heavy atom. The van der Waals surface area contributed by atoms with Crippen LogP contribution >= 0.6 is 27.5 Å². The SMILES string of the molecule is CCC(c1nc2ccccc2c(=O)n1-c1ccc(Cl)cc1)N(Cc1ccccc1)C(=O)Nc1ccc(Br)cc1. The van der Waals surface area contributed by atoms with Gasteiger partial charge in [-0.2, -0.15) is 0 Å². The number of urea groups is 1. The van der Waals surface area contributed by atoms with Crippen LogP contribution in [0.3, 0.4) is 0 Å². The van der Waals surface area contributed by atoms with Crippen LogP contribution in [0.4, 0.5) is 10.5 Å². The molecule has 1 heterocycles. The number of rotatable bonds is 7. The summed E-state index contributed by atoms with van der Waals surface area (Å²) in [6.45, 7) is 2.31. The molecule has 5 rings (SSSR count). The largest absolute Gasteiger partial charge is 0.322 e. The second-order valence-corrected chi connectivity index (χ2v) is 10.4. The normalized spacial score (nSPS) is 11.8. The summed E-state index contributed by atoms with van der Waals surface area (Å²) >= 11 is 9.60. The van der Waals surface area contributed by atoms with E-state index < -0.39 is 6.04 Å². The lowest BCUT2D eigenvalue weighted by Crippen LogP contribution is -2.40. The van der Waals surface area contributed by atoms with Gasteiger partial charge in [-0.1, -0.05) is 76.9 Å². The van der Waals surface area contributed by atoms with Crippen molar-refractivity contribution in [1.82, 2.24) is 14.5 Å². The summed E-state index contributed by atoms with van der Waals surface area (Å²) in [6.07, 6.45) is 0.527. The highest BCUT2D eigenvalue weighted by Crippen LogP contribution is 2.29. The first-order valence-corrected chi connectivity index (χ1v) is 13.8. The molecule has 8 heteroatoms. The molecule has 2 amide bonds. The standard InChI is InChI=1S/C31H26BrClN4O2/c1-2-28(36(20-21-8-4-3-5-9-21)31(39)34-24-16-12-22(32)13-17-24)29-35-27-11-7-6-10-26(27)30(38)37(29)25-18-14-23(33)15-19-25/h3-19,28H,2,20H2,1H3,(H,34,39). The van der Waals surface area contributed by atoms with Crippen LogP contribution in [0.2, 0.25) is 5.02 Å². The second-order valence-electron chi connectivity index (χ2n) is 9.08. The monoisotopic (exact) mass is 600 g/mol. The van der Waals surface area contributed by atoms with E-state index in [2.05, 4.69) is 21.2 Å². The Balaban J connectivity index is 1.67. The fourth-order valence-corrected chi connectivity index (χ4v) is 4.98. The minimum absolute atomic E-state index is 0.204. The first-order valence-electron chi connectivity index (χ1n) is 12.6. The van der Waals surface area contributed by atoms with Crippen LogP contribution in [0.5, 0.6) is 0 Å². The topological polar surface area (TPSA) is 67.2 Å². The van der Waals surface area contributed by atoms with Gasteiger partial charge in [0.25, 0.3) is 5.56 Å². The third-order valence-corrected chi connectivity index (χ3v) is 7.28. The summed E-state index contributed by atoms with van der Waals surface area (Å²) in [5.74, 6) is 0.477. The number of para-hydroxylation sites is 1. The molecule has 0 aliphatic carbocycles. The molecule has 0 saturated carbocycles. The minimum Gasteiger partial charge on any atom is -0.310 e. The smallest absolute Gasteiger partial charge is 0.310 e. The number of anilines is 1. The minimum atomic E-state index is -0.520. The Hall–Kier alpha value is -3.94. The van der Waals surface area contributed by atoms with Crippen molar-refractivity contribution in [2.75, 3.05) is 5.32 Å². The number of benzene rings is 4. The van der Waals surface area contributed by atoms with Crippen molar-refractivity contribution in [3.05, 3.63) is 134 Å². The molecule has 4 aromatic carbocycles. The van der Waals surface area contributed by atoms with Crippen LogP contribution in [-0.4, -0.2) is 20.5 Å². The highest BCUT2D eigenvalue weighted by molar-refractivity contribution is 9.10. The number of nitrogens with zero attached hydrogens (tertiary/aromatic N) is 3. The first-order chi connectivity index (χ1) is 18.9. The average molecular weight is 602 g/mol. The van der Waals surface area contributed by atoms with Gasteiger partial charge in [-0.15, -0.1) is 0 Å². The van der Waals surface area contributed by atoms with Crippen molar-refractivity contribution in [1.29, 1.82) is 0 Å². The van der Waals surface area contributed by atoms with Crippen LogP contribution in [0, 0.1) is 0 Å². The predicted molar refractivity (Wildman–Crippen MR) is 161 cm³/mol. The summed E-state index contributed by atoms with van der Waals surface area (Å²) in [5, 5.41) is 4.09. The summed E-state index contributed by atoms with van der Waals surface area (Å²) in [7, 11) is 0. The number of fused-ring (bicyclic) bond motifs is 1. The molecule has 1 unspecified atom stereocenters. The maximum absolute atomic E-state index is 13.9. The molecule has 0 radical (unpaired) electrons. The number of hydrogen-bond donors (Lipinski definition) is 1. The number of carbonyl (C=O) groups excluding carboxylic acids is 1. The summed E-state index contributed by atoms with van der Waals surface area (Å²) in [4.78, 5) is 34.5. The lowest BCUT2D eigenvalue weighted by atomic mass is 10.1. The lowest BCUT2D eigenvalue weighted by molar-refractivity contribution is 0.177. The van der Waals surface area contributed by atoms with Crippen LogP contribution in [0.1, 0.15) is 30.8 Å². The highest BCUT2D eigenvalue weighted by Gasteiger charge is 2.29. The van der Waals surface area contributed by atoms with E-state index in [1.807, 2.05) is 79.7 Å². The molecule has 0 fully saturated rings. The Bertz CT molecular complexity index is 1660. The molecule has 1 N–H and O–H groups in total. The van der Waals surface area contributed by atoms with Gasteiger partial charge in [-0.05, 0) is 72.6 Å². The third-order valence-electron chi connectivity index (χ3n) is 6.50. The van der Waals surface area contributed by atoms with Gasteiger partial charge < -0.3 is 10.2 Å². The molecule has 5 aromatic rings. The third kappa shape index (κ3) is 5.90. The number of amides is 2. The Labute approximate surface area is 240 Å². The number of hydrogen-bond acceptors (Lipinski definition) is 3. The highest BCUT2D eigenvalue weighted by atomic mass is 79.9. The molecular formula is C31H26BrClN4O2. The average Bonchev–Trinajstić information content (AvgIpc) is 2.95. The van der Waals surface area contributed by atoms with Crippen molar-refractivity contribution >= 4 is 50.2 Å². The summed E-state index contributed by atoms with van der Waals surface area (Å²) in [5.41, 5.74) is 2.63. The Kier molecular flexibility index (Phi) is 8.10. The van der Waals surface area contributed by atoms with Crippen LogP contribution in [0.25, 0.3) is 16.6 Å². The van der Waals surface area contributed by atoms with Crippen molar-refractivity contribution in [2.45, 2.75) is 25.9 Å². The van der Waals surface area contributed by atoms with Gasteiger partial charge in [0.15, 0.2) is 0 Å². The number of aromatic nitrogens is 2. The zero-order chi connectivity index (χ0) is 27.4. The molecule has 39 heavy (non-hydrogen) atoms. The van der Waals surface area contributed by atoms with Gasteiger partial charge in [-0.25, -0.2) is 9.78 Å². The second kappa shape index (κ2) is 11.8. The van der Waals surface area contributed by atoms with Gasteiger partial charge in [0.1, 0.15) is 5.82 Å². The van der Waals surface area contributed by atoms with E-state index in [1.54, 1.807) is 39.8 Å². The molecular weight excluding hydrogens is 576 g/mol. The molecule has 6 nitrogen and oxygen atoms in total. The van der Waals surface area contributed by atoms with Gasteiger partial charge in [0.05, 0.1) is 22.6 Å². The van der Waals surface area contributed by atoms with Crippen molar-refractivity contribution in [3.8, 4) is 5.69 Å². The van der Waals surface area contributed by atoms with Gasteiger partial charge in [0, 0.05) is 21.7 Å². The zero-order valence-corrected chi connectivity index (χ0v) is 23.6. The van der Waals surface area contributed by atoms with Crippen LogP contribution < -0.4 is 10.9 Å². The fraction of sp³-hybridized carbons (Fsp3) is 0.129. The molecule has 196 valence electrons. The Morgan fingerprint density at radius 2 is 1.62 bits per heavy atom. The van der Waals surface area contributed by atoms with Crippen molar-refractivity contribution in [2.24, 2.45) is 0 Å². The zero-order valence-electron chi connectivity index (χ0n) is 21.2. The van der Waals surface area contributed by atoms with Crippen LogP contribution in [0.15, 0.2) is 112 Å². The maximum Gasteiger partial charge on any atom is 0.322 e. The first kappa shape index (κ1) is 26.7. The molecule has 0 bridgehead atoms. The Morgan fingerprint density at radius 1 is 0.949 bits per heavy atom. The molecule has 1 atom stereocenters. The van der Waals surface area contributed by atoms with Gasteiger partial charge >= 0.3 is 6.03 Å². The predicted octanol–water partition coefficient (Wildman–Crippen LogP) is 7.99. The van der Waals surface area contributed by atoms with Crippen molar-refractivity contribution in [3.63, 3.8) is 0 Å². The van der Waals surface area contributed by atoms with Crippen molar-refractivity contribution < 1.29 is 4.79 Å². The van der Waals surface area contributed by atoms with E-state index in [0.29, 0.717) is 46.1 Å². The summed E-state index contributed by atoms with van der Waals surface area (Å²) in [6, 6.07) is 30.7. The summed E-state index contributed by atoms with van der Waals surface area (Å²) < 4.78 is 2.51. The number of halogens is 2. The molecule has 0 aliphatic rings. The van der Waals surface area contributed by atoms with E-state index in [4.69, 9.17) is 16.6 Å².